The van der Waals surface area contributed by atoms with Crippen molar-refractivity contribution >= 4 is 9.84 Å². The molecule has 0 unspecified atom stereocenters. The molecular formula is C7H15N3O3S. The average Bonchev–Trinajstić information content (AvgIpc) is 2.13. The summed E-state index contributed by atoms with van der Waals surface area (Å²) in [5.41, 5.74) is 7.96. The van der Waals surface area contributed by atoms with Gasteiger partial charge in [-0.2, -0.15) is 0 Å². The number of sulfone groups is 1. The van der Waals surface area contributed by atoms with E-state index in [4.69, 9.17) is 10.3 Å². The fourth-order valence-electron chi connectivity index (χ4n) is 0.925. The summed E-state index contributed by atoms with van der Waals surface area (Å²) in [6.07, 6.45) is 0.903. The molecule has 7 heteroatoms. The molecule has 0 saturated carbocycles. The Kier molecular flexibility index (Phi) is 7.18. The molecule has 0 rings (SSSR count). The van der Waals surface area contributed by atoms with Gasteiger partial charge in [0.25, 0.3) is 0 Å². The Morgan fingerprint density at radius 2 is 2.00 bits per heavy atom. The van der Waals surface area contributed by atoms with E-state index in [2.05, 4.69) is 10.0 Å². The molecule has 0 amide bonds. The molecule has 0 saturated heterocycles. The number of methoxy groups -OCH3 is 1. The van der Waals surface area contributed by atoms with Crippen molar-refractivity contribution in [1.82, 2.24) is 0 Å². The van der Waals surface area contributed by atoms with Crippen LogP contribution in [-0.4, -0.2) is 40.2 Å². The molecule has 14 heavy (non-hydrogen) atoms. The third-order valence-corrected chi connectivity index (χ3v) is 3.40. The fourth-order valence-corrected chi connectivity index (χ4v) is 2.26. The second-order valence-electron chi connectivity index (χ2n) is 2.81. The van der Waals surface area contributed by atoms with E-state index >= 15 is 0 Å². The van der Waals surface area contributed by atoms with Crippen molar-refractivity contribution in [2.75, 3.05) is 31.8 Å². The highest BCUT2D eigenvalue weighted by atomic mass is 32.2. The molecule has 0 aliphatic heterocycles. The molecule has 0 spiro atoms. The van der Waals surface area contributed by atoms with Gasteiger partial charge in [-0.1, -0.05) is 5.11 Å². The van der Waals surface area contributed by atoms with Gasteiger partial charge in [0.15, 0.2) is 0 Å². The van der Waals surface area contributed by atoms with Crippen molar-refractivity contribution in [3.8, 4) is 0 Å². The van der Waals surface area contributed by atoms with Gasteiger partial charge in [-0.25, -0.2) is 8.42 Å². The molecule has 0 heterocycles. The van der Waals surface area contributed by atoms with Crippen LogP contribution in [0.25, 0.3) is 10.4 Å². The van der Waals surface area contributed by atoms with Crippen molar-refractivity contribution in [3.63, 3.8) is 0 Å². The maximum absolute atomic E-state index is 11.3. The van der Waals surface area contributed by atoms with Crippen molar-refractivity contribution in [2.45, 2.75) is 12.8 Å². The maximum Gasteiger partial charge on any atom is 0.150 e. The lowest BCUT2D eigenvalue weighted by molar-refractivity contribution is 0.199. The van der Waals surface area contributed by atoms with Crippen LogP contribution < -0.4 is 0 Å². The topological polar surface area (TPSA) is 92.1 Å². The second kappa shape index (κ2) is 7.61. The summed E-state index contributed by atoms with van der Waals surface area (Å²) in [5.74, 6) is 0.215. The summed E-state index contributed by atoms with van der Waals surface area (Å²) in [7, 11) is -1.46. The predicted octanol–water partition coefficient (Wildman–Crippen LogP) is 1.14. The highest BCUT2D eigenvalue weighted by Gasteiger charge is 2.08. The van der Waals surface area contributed by atoms with E-state index in [0.717, 1.165) is 0 Å². The first kappa shape index (κ1) is 13.2. The Hall–Kier alpha value is -0.780. The molecule has 0 radical (unpaired) electrons. The van der Waals surface area contributed by atoms with E-state index in [0.29, 0.717) is 19.4 Å². The number of azide groups is 1. The fraction of sp³-hybridized carbons (Fsp3) is 1.00. The Balaban J connectivity index is 3.67. The van der Waals surface area contributed by atoms with Crippen LogP contribution in [-0.2, 0) is 14.6 Å². The Morgan fingerprint density at radius 1 is 1.36 bits per heavy atom. The van der Waals surface area contributed by atoms with Crippen LogP contribution in [0.2, 0.25) is 0 Å². The van der Waals surface area contributed by atoms with Crippen LogP contribution >= 0.6 is 0 Å². The van der Waals surface area contributed by atoms with Crippen LogP contribution in [0.3, 0.4) is 0 Å². The molecule has 0 aliphatic rings. The first-order valence-electron chi connectivity index (χ1n) is 4.32. The minimum absolute atomic E-state index is 0.0791. The third-order valence-electron chi connectivity index (χ3n) is 1.58. The monoisotopic (exact) mass is 221 g/mol. The molecule has 0 aromatic heterocycles. The van der Waals surface area contributed by atoms with E-state index in [1.807, 2.05) is 0 Å². The van der Waals surface area contributed by atoms with Crippen molar-refractivity contribution < 1.29 is 13.2 Å². The van der Waals surface area contributed by atoms with Crippen molar-refractivity contribution in [2.24, 2.45) is 5.11 Å². The Morgan fingerprint density at radius 3 is 2.57 bits per heavy atom. The van der Waals surface area contributed by atoms with Crippen LogP contribution in [0.5, 0.6) is 0 Å². The van der Waals surface area contributed by atoms with Gasteiger partial charge in [-0.3, -0.25) is 0 Å². The smallest absolute Gasteiger partial charge is 0.150 e. The summed E-state index contributed by atoms with van der Waals surface area (Å²) < 4.78 is 27.3. The van der Waals surface area contributed by atoms with Gasteiger partial charge in [-0.05, 0) is 18.4 Å². The summed E-state index contributed by atoms with van der Waals surface area (Å²) in [6.45, 7) is 0.690. The Bertz CT molecular complexity index is 283. The lowest BCUT2D eigenvalue weighted by Gasteiger charge is -2.01. The van der Waals surface area contributed by atoms with Crippen LogP contribution in [0.15, 0.2) is 5.11 Å². The number of rotatable bonds is 8. The zero-order valence-corrected chi connectivity index (χ0v) is 9.03. The third kappa shape index (κ3) is 7.85. The predicted molar refractivity (Wildman–Crippen MR) is 53.8 cm³/mol. The van der Waals surface area contributed by atoms with E-state index in [-0.39, 0.29) is 18.1 Å². The Labute approximate surface area is 83.8 Å². The molecule has 0 atom stereocenters. The van der Waals surface area contributed by atoms with E-state index in [1.165, 1.54) is 7.11 Å². The van der Waals surface area contributed by atoms with Gasteiger partial charge >= 0.3 is 0 Å². The highest BCUT2D eigenvalue weighted by molar-refractivity contribution is 7.91. The van der Waals surface area contributed by atoms with Crippen LogP contribution in [0, 0.1) is 0 Å². The van der Waals surface area contributed by atoms with Crippen LogP contribution in [0.4, 0.5) is 0 Å². The number of nitrogens with zero attached hydrogens (tertiary/aromatic N) is 3. The summed E-state index contributed by atoms with van der Waals surface area (Å²) in [6, 6.07) is 0. The highest BCUT2D eigenvalue weighted by Crippen LogP contribution is 1.97. The SMILES string of the molecule is COCCCS(=O)(=O)CCCN=[N+]=[N-]. The van der Waals surface area contributed by atoms with Gasteiger partial charge < -0.3 is 4.74 Å². The molecule has 0 N–H and O–H groups in total. The first-order valence-corrected chi connectivity index (χ1v) is 6.15. The molecule has 82 valence electrons. The number of hydrogen-bond acceptors (Lipinski definition) is 4. The standard InChI is InChI=1S/C7H15N3O3S/c1-13-5-3-7-14(11,12)6-2-4-9-10-8/h2-7H2,1H3. The molecule has 0 aliphatic carbocycles. The molecule has 0 aromatic rings. The van der Waals surface area contributed by atoms with Gasteiger partial charge in [0.05, 0.1) is 11.5 Å². The molecule has 0 aromatic carbocycles. The number of hydrogen-bond donors (Lipinski definition) is 0. The van der Waals surface area contributed by atoms with E-state index in [9.17, 15) is 8.42 Å². The maximum atomic E-state index is 11.3. The van der Waals surface area contributed by atoms with Gasteiger partial charge in [0, 0.05) is 25.2 Å². The largest absolute Gasteiger partial charge is 0.385 e. The van der Waals surface area contributed by atoms with Crippen molar-refractivity contribution in [1.29, 1.82) is 0 Å². The second-order valence-corrected chi connectivity index (χ2v) is 5.11. The molecular weight excluding hydrogens is 206 g/mol. The van der Waals surface area contributed by atoms with E-state index < -0.39 is 9.84 Å². The minimum Gasteiger partial charge on any atom is -0.385 e. The lowest BCUT2D eigenvalue weighted by atomic mass is 10.5. The van der Waals surface area contributed by atoms with Gasteiger partial charge in [0.2, 0.25) is 0 Å². The minimum atomic E-state index is -3.00. The van der Waals surface area contributed by atoms with Gasteiger partial charge in [-0.15, -0.1) is 0 Å². The summed E-state index contributed by atoms with van der Waals surface area (Å²) in [5, 5.41) is 3.26. The first-order chi connectivity index (χ1) is 6.62. The quantitative estimate of drug-likeness (QED) is 0.266. The van der Waals surface area contributed by atoms with Crippen molar-refractivity contribution in [3.05, 3.63) is 10.4 Å². The normalized spacial score (nSPS) is 10.9. The van der Waals surface area contributed by atoms with E-state index in [1.54, 1.807) is 0 Å². The average molecular weight is 221 g/mol. The lowest BCUT2D eigenvalue weighted by Crippen LogP contribution is -2.13. The molecule has 0 fully saturated rings. The van der Waals surface area contributed by atoms with Gasteiger partial charge in [0.1, 0.15) is 9.84 Å². The number of ether oxygens (including phenoxy) is 1. The summed E-state index contributed by atoms with van der Waals surface area (Å²) in [4.78, 5) is 2.54. The van der Waals surface area contributed by atoms with Crippen LogP contribution in [0.1, 0.15) is 12.8 Å². The molecule has 0 bridgehead atoms. The zero-order chi connectivity index (χ0) is 10.9. The zero-order valence-electron chi connectivity index (χ0n) is 8.22. The summed E-state index contributed by atoms with van der Waals surface area (Å²) >= 11 is 0. The molecule has 6 nitrogen and oxygen atoms in total.